The van der Waals surface area contributed by atoms with Gasteiger partial charge in [0, 0.05) is 11.1 Å². The van der Waals surface area contributed by atoms with Crippen LogP contribution in [0.5, 0.6) is 0 Å². The third-order valence-electron chi connectivity index (χ3n) is 3.84. The van der Waals surface area contributed by atoms with Gasteiger partial charge < -0.3 is 0 Å². The molecule has 0 heterocycles. The second-order valence-electron chi connectivity index (χ2n) is 5.16. The number of ketones is 2. The van der Waals surface area contributed by atoms with Crippen LogP contribution in [0, 0.1) is 27.7 Å². The number of carbonyl (C=O) groups excluding carboxylic acids is 2. The highest BCUT2D eigenvalue weighted by atomic mass is 16.2. The van der Waals surface area contributed by atoms with Gasteiger partial charge in [0.2, 0.25) is 11.6 Å². The Morgan fingerprint density at radius 2 is 1.25 bits per heavy atom. The lowest BCUT2D eigenvalue weighted by Crippen LogP contribution is -2.18. The van der Waals surface area contributed by atoms with Crippen molar-refractivity contribution in [1.29, 1.82) is 0 Å². The van der Waals surface area contributed by atoms with Crippen LogP contribution in [0.3, 0.4) is 0 Å². The molecule has 0 N–H and O–H groups in total. The molecule has 0 aliphatic rings. The summed E-state index contributed by atoms with van der Waals surface area (Å²) in [6.07, 6.45) is 0. The smallest absolute Gasteiger partial charge is 0.234 e. The number of benzene rings is 2. The molecule has 0 spiro atoms. The largest absolute Gasteiger partial charge is 0.285 e. The van der Waals surface area contributed by atoms with Crippen molar-refractivity contribution >= 4 is 11.6 Å². The van der Waals surface area contributed by atoms with Gasteiger partial charge in [0.25, 0.3) is 0 Å². The van der Waals surface area contributed by atoms with Crippen LogP contribution in [0.4, 0.5) is 0 Å². The standard InChI is InChI=1S/C18H18O2/c1-11-10-12(2)14(4)16(13(11)3)18(20)17(19)15-8-6-5-7-9-15/h5-10H,1-4H3. The summed E-state index contributed by atoms with van der Waals surface area (Å²) in [6, 6.07) is 10.8. The molecule has 0 unspecified atom stereocenters. The van der Waals surface area contributed by atoms with E-state index in [1.54, 1.807) is 24.3 Å². The molecule has 2 nitrogen and oxygen atoms in total. The summed E-state index contributed by atoms with van der Waals surface area (Å²) < 4.78 is 0. The number of rotatable bonds is 3. The maximum atomic E-state index is 12.5. The zero-order chi connectivity index (χ0) is 14.9. The summed E-state index contributed by atoms with van der Waals surface area (Å²) in [4.78, 5) is 24.9. The average Bonchev–Trinajstić information content (AvgIpc) is 2.45. The number of aryl methyl sites for hydroxylation is 2. The van der Waals surface area contributed by atoms with Crippen LogP contribution in [-0.4, -0.2) is 11.6 Å². The fraction of sp³-hybridized carbons (Fsp3) is 0.222. The molecule has 0 amide bonds. The Morgan fingerprint density at radius 3 is 1.75 bits per heavy atom. The molecule has 20 heavy (non-hydrogen) atoms. The Bertz CT molecular complexity index is 656. The van der Waals surface area contributed by atoms with Crippen molar-refractivity contribution in [2.24, 2.45) is 0 Å². The van der Waals surface area contributed by atoms with Gasteiger partial charge in [-0.3, -0.25) is 9.59 Å². The maximum Gasteiger partial charge on any atom is 0.234 e. The minimum Gasteiger partial charge on any atom is -0.285 e. The van der Waals surface area contributed by atoms with Crippen molar-refractivity contribution < 1.29 is 9.59 Å². The molecule has 0 atom stereocenters. The van der Waals surface area contributed by atoms with E-state index in [-0.39, 0.29) is 0 Å². The molecule has 0 saturated carbocycles. The lowest BCUT2D eigenvalue weighted by molar-refractivity contribution is 0.0816. The Labute approximate surface area is 119 Å². The molecule has 0 aromatic heterocycles. The summed E-state index contributed by atoms with van der Waals surface area (Å²) in [5, 5.41) is 0. The second-order valence-corrected chi connectivity index (χ2v) is 5.16. The van der Waals surface area contributed by atoms with Gasteiger partial charge >= 0.3 is 0 Å². The summed E-state index contributed by atoms with van der Waals surface area (Å²) in [6.45, 7) is 7.72. The molecule has 2 aromatic rings. The molecule has 2 heteroatoms. The van der Waals surface area contributed by atoms with Crippen LogP contribution in [0.15, 0.2) is 36.4 Å². The van der Waals surface area contributed by atoms with Gasteiger partial charge in [0.05, 0.1) is 0 Å². The quantitative estimate of drug-likeness (QED) is 0.622. The Hall–Kier alpha value is -2.22. The Morgan fingerprint density at radius 1 is 0.750 bits per heavy atom. The molecule has 2 aromatic carbocycles. The predicted octanol–water partition coefficient (Wildman–Crippen LogP) is 3.99. The van der Waals surface area contributed by atoms with Gasteiger partial charge in [-0.1, -0.05) is 36.4 Å². The molecule has 0 bridgehead atoms. The van der Waals surface area contributed by atoms with E-state index in [1.165, 1.54) is 0 Å². The predicted molar refractivity (Wildman–Crippen MR) is 80.5 cm³/mol. The topological polar surface area (TPSA) is 34.1 Å². The van der Waals surface area contributed by atoms with E-state index < -0.39 is 11.6 Å². The SMILES string of the molecule is Cc1cc(C)c(C)c(C(=O)C(=O)c2ccccc2)c1C. The highest BCUT2D eigenvalue weighted by Crippen LogP contribution is 2.23. The number of carbonyl (C=O) groups is 2. The Kier molecular flexibility index (Phi) is 3.84. The highest BCUT2D eigenvalue weighted by Gasteiger charge is 2.23. The van der Waals surface area contributed by atoms with Gasteiger partial charge in [-0.15, -0.1) is 0 Å². The summed E-state index contributed by atoms with van der Waals surface area (Å²) >= 11 is 0. The third-order valence-corrected chi connectivity index (χ3v) is 3.84. The molecular weight excluding hydrogens is 248 g/mol. The van der Waals surface area contributed by atoms with Crippen molar-refractivity contribution in [2.45, 2.75) is 27.7 Å². The van der Waals surface area contributed by atoms with Crippen LogP contribution in [0.1, 0.15) is 43.0 Å². The monoisotopic (exact) mass is 266 g/mol. The van der Waals surface area contributed by atoms with Crippen LogP contribution in [0.25, 0.3) is 0 Å². The molecule has 0 radical (unpaired) electrons. The van der Waals surface area contributed by atoms with Crippen molar-refractivity contribution in [3.8, 4) is 0 Å². The zero-order valence-corrected chi connectivity index (χ0v) is 12.3. The van der Waals surface area contributed by atoms with E-state index >= 15 is 0 Å². The molecule has 0 aliphatic carbocycles. The van der Waals surface area contributed by atoms with Crippen molar-refractivity contribution in [3.05, 3.63) is 69.8 Å². The fourth-order valence-electron chi connectivity index (χ4n) is 2.39. The first kappa shape index (κ1) is 14.2. The minimum atomic E-state index is -0.443. The van der Waals surface area contributed by atoms with Gasteiger partial charge in [0.15, 0.2) is 0 Å². The molecule has 0 fully saturated rings. The van der Waals surface area contributed by atoms with E-state index in [9.17, 15) is 9.59 Å². The first-order valence-electron chi connectivity index (χ1n) is 6.65. The van der Waals surface area contributed by atoms with Crippen molar-refractivity contribution in [1.82, 2.24) is 0 Å². The lowest BCUT2D eigenvalue weighted by Gasteiger charge is -2.13. The van der Waals surface area contributed by atoms with E-state index in [0.29, 0.717) is 11.1 Å². The highest BCUT2D eigenvalue weighted by molar-refractivity contribution is 6.49. The Balaban J connectivity index is 2.53. The maximum absolute atomic E-state index is 12.5. The van der Waals surface area contributed by atoms with Gasteiger partial charge in [-0.2, -0.15) is 0 Å². The normalized spacial score (nSPS) is 10.4. The second kappa shape index (κ2) is 5.41. The summed E-state index contributed by atoms with van der Waals surface area (Å²) in [5.74, 6) is -0.861. The van der Waals surface area contributed by atoms with E-state index in [1.807, 2.05) is 33.8 Å². The van der Waals surface area contributed by atoms with E-state index in [2.05, 4.69) is 6.07 Å². The lowest BCUT2D eigenvalue weighted by atomic mass is 9.89. The molecule has 0 aliphatic heterocycles. The van der Waals surface area contributed by atoms with Crippen molar-refractivity contribution in [2.75, 3.05) is 0 Å². The number of Topliss-reactive ketones (excluding diaryl/α,β-unsaturated/α-hetero) is 2. The summed E-state index contributed by atoms with van der Waals surface area (Å²) in [7, 11) is 0. The first-order chi connectivity index (χ1) is 9.43. The molecule has 0 saturated heterocycles. The van der Waals surface area contributed by atoms with E-state index in [0.717, 1.165) is 22.3 Å². The third kappa shape index (κ3) is 2.42. The van der Waals surface area contributed by atoms with Crippen molar-refractivity contribution in [3.63, 3.8) is 0 Å². The molecular formula is C18H18O2. The summed E-state index contributed by atoms with van der Waals surface area (Å²) in [5.41, 5.74) is 4.85. The number of hydrogen-bond donors (Lipinski definition) is 0. The van der Waals surface area contributed by atoms with Crippen LogP contribution < -0.4 is 0 Å². The van der Waals surface area contributed by atoms with Crippen LogP contribution in [-0.2, 0) is 0 Å². The zero-order valence-electron chi connectivity index (χ0n) is 12.3. The number of hydrogen-bond acceptors (Lipinski definition) is 2. The molecule has 2 rings (SSSR count). The first-order valence-corrected chi connectivity index (χ1v) is 6.65. The van der Waals surface area contributed by atoms with Gasteiger partial charge in [-0.05, 0) is 49.9 Å². The minimum absolute atomic E-state index is 0.419. The molecule has 102 valence electrons. The van der Waals surface area contributed by atoms with Gasteiger partial charge in [-0.25, -0.2) is 0 Å². The fourth-order valence-corrected chi connectivity index (χ4v) is 2.39. The van der Waals surface area contributed by atoms with E-state index in [4.69, 9.17) is 0 Å². The van der Waals surface area contributed by atoms with Gasteiger partial charge in [0.1, 0.15) is 0 Å². The van der Waals surface area contributed by atoms with Crippen LogP contribution in [0.2, 0.25) is 0 Å². The average molecular weight is 266 g/mol. The van der Waals surface area contributed by atoms with Crippen LogP contribution >= 0.6 is 0 Å².